The van der Waals surface area contributed by atoms with Gasteiger partial charge in [-0.05, 0) is 55.0 Å². The van der Waals surface area contributed by atoms with E-state index in [1.165, 1.54) is 12.1 Å². The smallest absolute Gasteiger partial charge is 0.416 e. The molecular weight excluding hydrogens is 481 g/mol. The molecule has 0 fully saturated rings. The number of amides is 1. The summed E-state index contributed by atoms with van der Waals surface area (Å²) in [6.07, 6.45) is 0.726. The molecular formula is C28H21F3N4O2. The average Bonchev–Trinajstić information content (AvgIpc) is 3.27. The number of ether oxygens (including phenoxy) is 1. The SMILES string of the molecule is Cc1ccc(NC(=O)c2cccc(C(F)(F)F)c2)cc1Oc1cc(-c2ccncc2)nc2c1ccn2C. The Labute approximate surface area is 210 Å². The maximum Gasteiger partial charge on any atom is 0.416 e. The number of anilines is 1. The van der Waals surface area contributed by atoms with Crippen molar-refractivity contribution in [1.82, 2.24) is 14.5 Å². The normalized spacial score (nSPS) is 11.5. The molecule has 2 aromatic carbocycles. The molecule has 0 saturated heterocycles. The van der Waals surface area contributed by atoms with Gasteiger partial charge in [-0.25, -0.2) is 4.98 Å². The molecule has 3 aromatic heterocycles. The van der Waals surface area contributed by atoms with Gasteiger partial charge >= 0.3 is 6.18 Å². The van der Waals surface area contributed by atoms with Crippen LogP contribution in [0, 0.1) is 6.92 Å². The quantitative estimate of drug-likeness (QED) is 0.281. The third-order valence-corrected chi connectivity index (χ3v) is 5.89. The fourth-order valence-electron chi connectivity index (χ4n) is 3.90. The number of aromatic nitrogens is 3. The van der Waals surface area contributed by atoms with E-state index in [2.05, 4.69) is 10.3 Å². The minimum absolute atomic E-state index is 0.0972. The summed E-state index contributed by atoms with van der Waals surface area (Å²) < 4.78 is 47.4. The van der Waals surface area contributed by atoms with Crippen molar-refractivity contribution in [2.45, 2.75) is 13.1 Å². The number of pyridine rings is 2. The van der Waals surface area contributed by atoms with Crippen molar-refractivity contribution in [1.29, 1.82) is 0 Å². The first-order chi connectivity index (χ1) is 17.7. The third-order valence-electron chi connectivity index (χ3n) is 5.89. The molecule has 0 spiro atoms. The zero-order chi connectivity index (χ0) is 26.2. The molecule has 1 amide bonds. The van der Waals surface area contributed by atoms with Crippen molar-refractivity contribution in [3.05, 3.63) is 102 Å². The molecule has 186 valence electrons. The lowest BCUT2D eigenvalue weighted by Crippen LogP contribution is -2.14. The summed E-state index contributed by atoms with van der Waals surface area (Å²) in [7, 11) is 1.89. The van der Waals surface area contributed by atoms with Crippen LogP contribution in [0.25, 0.3) is 22.3 Å². The number of nitrogens with zero attached hydrogens (tertiary/aromatic N) is 3. The van der Waals surface area contributed by atoms with Crippen LogP contribution in [0.2, 0.25) is 0 Å². The maximum atomic E-state index is 13.1. The second-order valence-corrected chi connectivity index (χ2v) is 8.52. The van der Waals surface area contributed by atoms with E-state index < -0.39 is 17.6 Å². The molecule has 5 rings (SSSR count). The molecule has 37 heavy (non-hydrogen) atoms. The second kappa shape index (κ2) is 9.42. The predicted octanol–water partition coefficient (Wildman–Crippen LogP) is 7.01. The monoisotopic (exact) mass is 502 g/mol. The minimum atomic E-state index is -4.54. The zero-order valence-electron chi connectivity index (χ0n) is 19.9. The van der Waals surface area contributed by atoms with Crippen molar-refractivity contribution in [3.63, 3.8) is 0 Å². The zero-order valence-corrected chi connectivity index (χ0v) is 19.9. The molecule has 0 aliphatic heterocycles. The molecule has 0 bridgehead atoms. The van der Waals surface area contributed by atoms with Crippen molar-refractivity contribution < 1.29 is 22.7 Å². The first-order valence-corrected chi connectivity index (χ1v) is 11.3. The lowest BCUT2D eigenvalue weighted by molar-refractivity contribution is -0.137. The molecule has 3 heterocycles. The number of fused-ring (bicyclic) bond motifs is 1. The van der Waals surface area contributed by atoms with E-state index in [4.69, 9.17) is 9.72 Å². The number of nitrogens with one attached hydrogen (secondary N) is 1. The number of alkyl halides is 3. The number of aryl methyl sites for hydroxylation is 2. The van der Waals surface area contributed by atoms with Crippen molar-refractivity contribution in [2.75, 3.05) is 5.32 Å². The summed E-state index contributed by atoms with van der Waals surface area (Å²) in [4.78, 5) is 21.5. The predicted molar refractivity (Wildman–Crippen MR) is 135 cm³/mol. The molecule has 1 N–H and O–H groups in total. The molecule has 0 aliphatic carbocycles. The maximum absolute atomic E-state index is 13.1. The van der Waals surface area contributed by atoms with E-state index in [1.807, 2.05) is 49.0 Å². The Morgan fingerprint density at radius 3 is 2.51 bits per heavy atom. The highest BCUT2D eigenvalue weighted by Gasteiger charge is 2.31. The molecule has 6 nitrogen and oxygen atoms in total. The fraction of sp³-hybridized carbons (Fsp3) is 0.107. The summed E-state index contributed by atoms with van der Waals surface area (Å²) in [5, 5.41) is 3.46. The molecule has 0 radical (unpaired) electrons. The Morgan fingerprint density at radius 2 is 1.76 bits per heavy atom. The highest BCUT2D eigenvalue weighted by molar-refractivity contribution is 6.04. The standard InChI is InChI=1S/C28H21F3N4O2/c1-17-6-7-21(33-27(36)19-4-3-5-20(14-19)28(29,30)31)15-24(17)37-25-16-23(18-8-11-32-12-9-18)34-26-22(25)10-13-35(26)2/h3-16H,1-2H3,(H,33,36). The van der Waals surface area contributed by atoms with E-state index in [9.17, 15) is 18.0 Å². The van der Waals surface area contributed by atoms with E-state index in [1.54, 1.807) is 30.6 Å². The number of carbonyl (C=O) groups is 1. The second-order valence-electron chi connectivity index (χ2n) is 8.52. The molecule has 0 saturated carbocycles. The van der Waals surface area contributed by atoms with E-state index in [0.717, 1.165) is 34.3 Å². The Kier molecular flexibility index (Phi) is 6.12. The lowest BCUT2D eigenvalue weighted by Gasteiger charge is -2.14. The van der Waals surface area contributed by atoms with Crippen LogP contribution in [0.1, 0.15) is 21.5 Å². The summed E-state index contributed by atoms with van der Waals surface area (Å²) in [5.41, 5.74) is 2.53. The molecule has 0 unspecified atom stereocenters. The van der Waals surface area contributed by atoms with Crippen molar-refractivity contribution in [2.24, 2.45) is 7.05 Å². The Balaban J connectivity index is 1.46. The van der Waals surface area contributed by atoms with Gasteiger partial charge < -0.3 is 14.6 Å². The molecule has 9 heteroatoms. The van der Waals surface area contributed by atoms with Crippen LogP contribution < -0.4 is 10.1 Å². The highest BCUT2D eigenvalue weighted by Crippen LogP contribution is 2.36. The van der Waals surface area contributed by atoms with Crippen LogP contribution in [0.4, 0.5) is 18.9 Å². The molecule has 5 aromatic rings. The van der Waals surface area contributed by atoms with E-state index in [0.29, 0.717) is 22.9 Å². The topological polar surface area (TPSA) is 69.0 Å². The first-order valence-electron chi connectivity index (χ1n) is 11.3. The van der Waals surface area contributed by atoms with Crippen LogP contribution in [0.3, 0.4) is 0 Å². The van der Waals surface area contributed by atoms with Crippen molar-refractivity contribution in [3.8, 4) is 22.8 Å². The number of rotatable bonds is 5. The summed E-state index contributed by atoms with van der Waals surface area (Å²) in [5.74, 6) is 0.399. The van der Waals surface area contributed by atoms with Gasteiger partial charge in [-0.15, -0.1) is 0 Å². The number of hydrogen-bond donors (Lipinski definition) is 1. The van der Waals surface area contributed by atoms with Gasteiger partial charge in [0.1, 0.15) is 17.1 Å². The van der Waals surface area contributed by atoms with Crippen LogP contribution in [-0.4, -0.2) is 20.4 Å². The lowest BCUT2D eigenvalue weighted by atomic mass is 10.1. The van der Waals surface area contributed by atoms with Gasteiger partial charge in [0.05, 0.1) is 16.6 Å². The summed E-state index contributed by atoms with van der Waals surface area (Å²) in [6.45, 7) is 1.86. The fourth-order valence-corrected chi connectivity index (χ4v) is 3.90. The number of halogens is 3. The molecule has 0 atom stereocenters. The first kappa shape index (κ1) is 24.1. The van der Waals surface area contributed by atoms with Crippen LogP contribution in [0.5, 0.6) is 11.5 Å². The van der Waals surface area contributed by atoms with Crippen LogP contribution in [0.15, 0.2) is 85.3 Å². The van der Waals surface area contributed by atoms with Crippen molar-refractivity contribution >= 4 is 22.6 Å². The highest BCUT2D eigenvalue weighted by atomic mass is 19.4. The van der Waals surface area contributed by atoms with Gasteiger partial charge in [0.2, 0.25) is 0 Å². The van der Waals surface area contributed by atoms with Gasteiger partial charge in [-0.2, -0.15) is 13.2 Å². The summed E-state index contributed by atoms with van der Waals surface area (Å²) >= 11 is 0. The van der Waals surface area contributed by atoms with Crippen LogP contribution in [-0.2, 0) is 13.2 Å². The Morgan fingerprint density at radius 1 is 0.973 bits per heavy atom. The van der Waals surface area contributed by atoms with Gasteiger partial charge in [-0.3, -0.25) is 9.78 Å². The largest absolute Gasteiger partial charge is 0.456 e. The average molecular weight is 502 g/mol. The minimum Gasteiger partial charge on any atom is -0.456 e. The Hall–Kier alpha value is -4.66. The molecule has 0 aliphatic rings. The van der Waals surface area contributed by atoms with Crippen LogP contribution >= 0.6 is 0 Å². The third kappa shape index (κ3) is 5.02. The van der Waals surface area contributed by atoms with E-state index in [-0.39, 0.29) is 5.56 Å². The Bertz CT molecular complexity index is 1610. The van der Waals surface area contributed by atoms with Gasteiger partial charge in [0.15, 0.2) is 0 Å². The van der Waals surface area contributed by atoms with Gasteiger partial charge in [-0.1, -0.05) is 12.1 Å². The van der Waals surface area contributed by atoms with Gasteiger partial charge in [0, 0.05) is 54.6 Å². The summed E-state index contributed by atoms with van der Waals surface area (Å²) in [6, 6.07) is 16.8. The number of benzene rings is 2. The van der Waals surface area contributed by atoms with E-state index >= 15 is 0 Å². The number of carbonyl (C=O) groups excluding carboxylic acids is 1. The number of hydrogen-bond acceptors (Lipinski definition) is 4. The van der Waals surface area contributed by atoms with Gasteiger partial charge in [0.25, 0.3) is 5.91 Å².